The molecule has 0 aromatic heterocycles. The topological polar surface area (TPSA) is 64.7 Å². The molecule has 6 nitrogen and oxygen atoms in total. The average Bonchev–Trinajstić information content (AvgIpc) is 2.71. The Kier molecular flexibility index (Phi) is 7.32. The van der Waals surface area contributed by atoms with Crippen LogP contribution in [-0.2, 0) is 16.0 Å². The zero-order valence-corrected chi connectivity index (χ0v) is 16.7. The van der Waals surface area contributed by atoms with Crippen molar-refractivity contribution in [3.8, 4) is 0 Å². The monoisotopic (exact) mass is 398 g/mol. The molecule has 29 heavy (non-hydrogen) atoms. The molecule has 0 aliphatic carbocycles. The fourth-order valence-corrected chi connectivity index (χ4v) is 3.39. The van der Waals surface area contributed by atoms with Crippen molar-refractivity contribution in [3.05, 3.63) is 59.9 Å². The summed E-state index contributed by atoms with van der Waals surface area (Å²) in [6.45, 7) is 5.58. The van der Waals surface area contributed by atoms with Gasteiger partial charge in [-0.1, -0.05) is 25.1 Å². The number of hydrogen-bond donors (Lipinski definition) is 2. The Balaban J connectivity index is 1.40. The summed E-state index contributed by atoms with van der Waals surface area (Å²) in [6, 6.07) is 13.6. The molecule has 2 amide bonds. The maximum atomic E-state index is 12.9. The summed E-state index contributed by atoms with van der Waals surface area (Å²) in [5, 5.41) is 5.77. The van der Waals surface area contributed by atoms with Gasteiger partial charge in [-0.25, -0.2) is 4.39 Å². The van der Waals surface area contributed by atoms with Crippen LogP contribution in [0.1, 0.15) is 12.5 Å². The number of para-hydroxylation sites is 1. The first-order valence-corrected chi connectivity index (χ1v) is 9.91. The molecule has 7 heteroatoms. The molecule has 154 valence electrons. The molecule has 1 saturated heterocycles. The van der Waals surface area contributed by atoms with Gasteiger partial charge in [0.25, 0.3) is 0 Å². The molecule has 1 aliphatic rings. The fourth-order valence-electron chi connectivity index (χ4n) is 3.39. The quantitative estimate of drug-likeness (QED) is 0.753. The second-order valence-corrected chi connectivity index (χ2v) is 7.17. The molecule has 2 aromatic carbocycles. The number of anilines is 2. The van der Waals surface area contributed by atoms with Crippen molar-refractivity contribution in [2.24, 2.45) is 0 Å². The van der Waals surface area contributed by atoms with Gasteiger partial charge in [0.2, 0.25) is 11.8 Å². The molecule has 3 rings (SSSR count). The summed E-state index contributed by atoms with van der Waals surface area (Å²) in [7, 11) is 0. The van der Waals surface area contributed by atoms with E-state index in [1.807, 2.05) is 24.3 Å². The average molecular weight is 398 g/mol. The van der Waals surface area contributed by atoms with E-state index in [1.165, 1.54) is 12.1 Å². The molecule has 1 aliphatic heterocycles. The predicted molar refractivity (Wildman–Crippen MR) is 112 cm³/mol. The van der Waals surface area contributed by atoms with Crippen LogP contribution in [0.3, 0.4) is 0 Å². The Labute approximate surface area is 170 Å². The number of nitrogens with one attached hydrogen (secondary N) is 2. The van der Waals surface area contributed by atoms with Gasteiger partial charge >= 0.3 is 0 Å². The van der Waals surface area contributed by atoms with E-state index in [9.17, 15) is 14.0 Å². The Morgan fingerprint density at radius 3 is 2.00 bits per heavy atom. The summed E-state index contributed by atoms with van der Waals surface area (Å²) in [4.78, 5) is 28.7. The predicted octanol–water partition coefficient (Wildman–Crippen LogP) is 2.58. The number of nitrogens with zero attached hydrogens (tertiary/aromatic N) is 2. The first kappa shape index (κ1) is 21.0. The SMILES string of the molecule is CCc1ccccc1NC(=O)CN1CCN(CC(=O)Nc2ccc(F)cc2)CC1. The maximum Gasteiger partial charge on any atom is 0.238 e. The molecule has 2 N–H and O–H groups in total. The lowest BCUT2D eigenvalue weighted by atomic mass is 10.1. The normalized spacial score (nSPS) is 15.1. The molecule has 2 aromatic rings. The lowest BCUT2D eigenvalue weighted by molar-refractivity contribution is -0.120. The van der Waals surface area contributed by atoms with Gasteiger partial charge in [-0.2, -0.15) is 0 Å². The van der Waals surface area contributed by atoms with Crippen molar-refractivity contribution in [2.45, 2.75) is 13.3 Å². The second kappa shape index (κ2) is 10.1. The van der Waals surface area contributed by atoms with Gasteiger partial charge in [0.05, 0.1) is 13.1 Å². The van der Waals surface area contributed by atoms with E-state index in [2.05, 4.69) is 27.4 Å². The zero-order chi connectivity index (χ0) is 20.6. The molecular weight excluding hydrogens is 371 g/mol. The van der Waals surface area contributed by atoms with Crippen LogP contribution < -0.4 is 10.6 Å². The largest absolute Gasteiger partial charge is 0.325 e. The summed E-state index contributed by atoms with van der Waals surface area (Å²) < 4.78 is 12.9. The number of piperazine rings is 1. The molecule has 0 bridgehead atoms. The van der Waals surface area contributed by atoms with Gasteiger partial charge in [0.1, 0.15) is 5.82 Å². The number of hydrogen-bond acceptors (Lipinski definition) is 4. The summed E-state index contributed by atoms with van der Waals surface area (Å²) in [5.74, 6) is -0.478. The first-order valence-electron chi connectivity index (χ1n) is 9.91. The Hall–Kier alpha value is -2.77. The number of rotatable bonds is 7. The van der Waals surface area contributed by atoms with Crippen LogP contribution in [0.5, 0.6) is 0 Å². The molecule has 1 fully saturated rings. The lowest BCUT2D eigenvalue weighted by Gasteiger charge is -2.33. The van der Waals surface area contributed by atoms with E-state index in [1.54, 1.807) is 12.1 Å². The third kappa shape index (κ3) is 6.37. The van der Waals surface area contributed by atoms with Crippen LogP contribution in [-0.4, -0.2) is 60.9 Å². The van der Waals surface area contributed by atoms with Crippen LogP contribution in [0.4, 0.5) is 15.8 Å². The summed E-state index contributed by atoms with van der Waals surface area (Å²) in [6.07, 6.45) is 0.870. The van der Waals surface area contributed by atoms with Crippen molar-refractivity contribution in [2.75, 3.05) is 49.9 Å². The van der Waals surface area contributed by atoms with Gasteiger partial charge in [0.15, 0.2) is 0 Å². The smallest absolute Gasteiger partial charge is 0.238 e. The third-order valence-electron chi connectivity index (χ3n) is 5.00. The number of halogens is 1. The molecular formula is C22H27FN4O2. The molecule has 1 heterocycles. The summed E-state index contributed by atoms with van der Waals surface area (Å²) in [5.41, 5.74) is 2.58. The molecule has 0 radical (unpaired) electrons. The van der Waals surface area contributed by atoms with E-state index in [0.717, 1.165) is 43.9 Å². The van der Waals surface area contributed by atoms with Gasteiger partial charge in [-0.05, 0) is 42.3 Å². The minimum Gasteiger partial charge on any atom is -0.325 e. The van der Waals surface area contributed by atoms with E-state index >= 15 is 0 Å². The standard InChI is InChI=1S/C22H27FN4O2/c1-2-17-5-3-4-6-20(17)25-22(29)16-27-13-11-26(12-14-27)15-21(28)24-19-9-7-18(23)8-10-19/h3-10H,2,11-16H2,1H3,(H,24,28)(H,25,29). The van der Waals surface area contributed by atoms with Crippen LogP contribution in [0, 0.1) is 5.82 Å². The summed E-state index contributed by atoms with van der Waals surface area (Å²) >= 11 is 0. The highest BCUT2D eigenvalue weighted by molar-refractivity contribution is 5.93. The number of benzene rings is 2. The number of carbonyl (C=O) groups is 2. The van der Waals surface area contributed by atoms with Crippen molar-refractivity contribution >= 4 is 23.2 Å². The fraction of sp³-hybridized carbons (Fsp3) is 0.364. The van der Waals surface area contributed by atoms with Crippen LogP contribution in [0.25, 0.3) is 0 Å². The molecule has 0 atom stereocenters. The number of amides is 2. The van der Waals surface area contributed by atoms with Gasteiger partial charge in [0, 0.05) is 37.6 Å². The number of aryl methyl sites for hydroxylation is 1. The minimum atomic E-state index is -0.332. The van der Waals surface area contributed by atoms with Crippen molar-refractivity contribution < 1.29 is 14.0 Å². The second-order valence-electron chi connectivity index (χ2n) is 7.17. The van der Waals surface area contributed by atoms with E-state index < -0.39 is 0 Å². The molecule has 0 saturated carbocycles. The lowest BCUT2D eigenvalue weighted by Crippen LogP contribution is -2.50. The van der Waals surface area contributed by atoms with E-state index in [0.29, 0.717) is 12.2 Å². The van der Waals surface area contributed by atoms with Crippen molar-refractivity contribution in [1.82, 2.24) is 9.80 Å². The van der Waals surface area contributed by atoms with Crippen molar-refractivity contribution in [1.29, 1.82) is 0 Å². The van der Waals surface area contributed by atoms with Crippen LogP contribution in [0.2, 0.25) is 0 Å². The Morgan fingerprint density at radius 1 is 0.862 bits per heavy atom. The highest BCUT2D eigenvalue weighted by Crippen LogP contribution is 2.15. The van der Waals surface area contributed by atoms with Gasteiger partial charge < -0.3 is 10.6 Å². The van der Waals surface area contributed by atoms with Crippen molar-refractivity contribution in [3.63, 3.8) is 0 Å². The van der Waals surface area contributed by atoms with Crippen LogP contribution >= 0.6 is 0 Å². The third-order valence-corrected chi connectivity index (χ3v) is 5.00. The Bertz CT molecular complexity index is 833. The highest BCUT2D eigenvalue weighted by Gasteiger charge is 2.21. The zero-order valence-electron chi connectivity index (χ0n) is 16.7. The Morgan fingerprint density at radius 2 is 1.41 bits per heavy atom. The first-order chi connectivity index (χ1) is 14.0. The maximum absolute atomic E-state index is 12.9. The van der Waals surface area contributed by atoms with Gasteiger partial charge in [-0.3, -0.25) is 19.4 Å². The molecule has 0 spiro atoms. The minimum absolute atomic E-state index is 0.0200. The van der Waals surface area contributed by atoms with E-state index in [-0.39, 0.29) is 24.2 Å². The highest BCUT2D eigenvalue weighted by atomic mass is 19.1. The van der Waals surface area contributed by atoms with Crippen LogP contribution in [0.15, 0.2) is 48.5 Å². The molecule has 0 unspecified atom stereocenters. The van der Waals surface area contributed by atoms with E-state index in [4.69, 9.17) is 0 Å². The van der Waals surface area contributed by atoms with Gasteiger partial charge in [-0.15, -0.1) is 0 Å². The number of carbonyl (C=O) groups excluding carboxylic acids is 2.